The quantitative estimate of drug-likeness (QED) is 0.934. The Morgan fingerprint density at radius 3 is 2.50 bits per heavy atom. The summed E-state index contributed by atoms with van der Waals surface area (Å²) in [4.78, 5) is 23.7. The Labute approximate surface area is 143 Å². The van der Waals surface area contributed by atoms with Crippen molar-refractivity contribution in [3.63, 3.8) is 0 Å². The van der Waals surface area contributed by atoms with E-state index >= 15 is 0 Å². The van der Waals surface area contributed by atoms with Gasteiger partial charge in [-0.15, -0.1) is 0 Å². The summed E-state index contributed by atoms with van der Waals surface area (Å²) in [6, 6.07) is 9.65. The molecule has 2 aromatic rings. The Bertz CT molecular complexity index is 706. The van der Waals surface area contributed by atoms with Gasteiger partial charge in [0.15, 0.2) is 0 Å². The first kappa shape index (κ1) is 16.4. The second kappa shape index (κ2) is 7.43. The number of carbonyl (C=O) groups is 1. The molecule has 24 heavy (non-hydrogen) atoms. The average Bonchev–Trinajstić information content (AvgIpc) is 2.62. The smallest absolute Gasteiger partial charge is 0.274 e. The summed E-state index contributed by atoms with van der Waals surface area (Å²) in [7, 11) is 0. The van der Waals surface area contributed by atoms with Crippen molar-refractivity contribution in [1.82, 2.24) is 9.97 Å². The number of hydrogen-bond donors (Lipinski definition) is 1. The van der Waals surface area contributed by atoms with Crippen LogP contribution in [0.5, 0.6) is 0 Å². The van der Waals surface area contributed by atoms with Gasteiger partial charge in [0.2, 0.25) is 5.95 Å². The van der Waals surface area contributed by atoms with E-state index in [-0.39, 0.29) is 5.91 Å². The van der Waals surface area contributed by atoms with Crippen LogP contribution >= 0.6 is 0 Å². The van der Waals surface area contributed by atoms with Gasteiger partial charge in [0.05, 0.1) is 0 Å². The molecule has 0 saturated carbocycles. The third-order valence-electron chi connectivity index (χ3n) is 4.33. The number of piperidine rings is 1. The Morgan fingerprint density at radius 2 is 1.83 bits per heavy atom. The number of aryl methyl sites for hydroxylation is 2. The number of aromatic nitrogens is 2. The lowest BCUT2D eigenvalue weighted by Crippen LogP contribution is -2.31. The molecule has 1 fully saturated rings. The molecule has 0 aliphatic carbocycles. The summed E-state index contributed by atoms with van der Waals surface area (Å²) in [6.07, 6.45) is 4.55. The number of benzene rings is 1. The Hall–Kier alpha value is -2.43. The van der Waals surface area contributed by atoms with Gasteiger partial charge in [0, 0.05) is 24.5 Å². The molecule has 0 atom stereocenters. The number of nitrogens with zero attached hydrogens (tertiary/aromatic N) is 3. The van der Waals surface area contributed by atoms with Crippen LogP contribution in [-0.4, -0.2) is 29.0 Å². The SMILES string of the molecule is CCc1ccc(NC(=O)c2cc(C)nc(N3CCCCC3)n2)cc1. The molecule has 5 nitrogen and oxygen atoms in total. The molecule has 3 rings (SSSR count). The van der Waals surface area contributed by atoms with Crippen LogP contribution in [0, 0.1) is 6.92 Å². The highest BCUT2D eigenvalue weighted by Crippen LogP contribution is 2.17. The number of amides is 1. The van der Waals surface area contributed by atoms with Crippen LogP contribution in [0.1, 0.15) is 47.9 Å². The minimum atomic E-state index is -0.192. The highest BCUT2D eigenvalue weighted by atomic mass is 16.1. The summed E-state index contributed by atoms with van der Waals surface area (Å²) >= 11 is 0. The van der Waals surface area contributed by atoms with E-state index in [1.165, 1.54) is 12.0 Å². The molecule has 1 amide bonds. The number of hydrogen-bond acceptors (Lipinski definition) is 4. The van der Waals surface area contributed by atoms with Crippen molar-refractivity contribution < 1.29 is 4.79 Å². The number of anilines is 2. The van der Waals surface area contributed by atoms with Gasteiger partial charge in [-0.2, -0.15) is 0 Å². The van der Waals surface area contributed by atoms with Gasteiger partial charge < -0.3 is 10.2 Å². The van der Waals surface area contributed by atoms with Crippen LogP contribution in [0.15, 0.2) is 30.3 Å². The highest BCUT2D eigenvalue weighted by Gasteiger charge is 2.17. The van der Waals surface area contributed by atoms with Crippen molar-refractivity contribution in [3.05, 3.63) is 47.3 Å². The van der Waals surface area contributed by atoms with Gasteiger partial charge >= 0.3 is 0 Å². The molecule has 0 bridgehead atoms. The average molecular weight is 324 g/mol. The predicted molar refractivity (Wildman–Crippen MR) is 96.6 cm³/mol. The fraction of sp³-hybridized carbons (Fsp3) is 0.421. The predicted octanol–water partition coefficient (Wildman–Crippen LogP) is 3.59. The highest BCUT2D eigenvalue weighted by molar-refractivity contribution is 6.03. The number of rotatable bonds is 4. The zero-order valence-corrected chi connectivity index (χ0v) is 14.4. The molecule has 1 aliphatic heterocycles. The molecule has 5 heteroatoms. The first-order valence-electron chi connectivity index (χ1n) is 8.66. The van der Waals surface area contributed by atoms with E-state index in [9.17, 15) is 4.79 Å². The molecular formula is C19H24N4O. The minimum Gasteiger partial charge on any atom is -0.341 e. The van der Waals surface area contributed by atoms with Crippen LogP contribution < -0.4 is 10.2 Å². The summed E-state index contributed by atoms with van der Waals surface area (Å²) in [5.74, 6) is 0.476. The normalized spacial score (nSPS) is 14.5. The lowest BCUT2D eigenvalue weighted by atomic mass is 10.1. The standard InChI is InChI=1S/C19H24N4O/c1-3-15-7-9-16(10-8-15)21-18(24)17-13-14(2)20-19(22-17)23-11-5-4-6-12-23/h7-10,13H,3-6,11-12H2,1-2H3,(H,21,24). The van der Waals surface area contributed by atoms with Crippen LogP contribution in [-0.2, 0) is 6.42 Å². The molecule has 2 heterocycles. The number of nitrogens with one attached hydrogen (secondary N) is 1. The van der Waals surface area contributed by atoms with E-state index in [0.29, 0.717) is 11.6 Å². The molecule has 0 spiro atoms. The fourth-order valence-corrected chi connectivity index (χ4v) is 2.92. The van der Waals surface area contributed by atoms with E-state index in [4.69, 9.17) is 0 Å². The Balaban J connectivity index is 1.77. The maximum Gasteiger partial charge on any atom is 0.274 e. The Kier molecular flexibility index (Phi) is 5.08. The van der Waals surface area contributed by atoms with E-state index in [0.717, 1.165) is 43.7 Å². The monoisotopic (exact) mass is 324 g/mol. The van der Waals surface area contributed by atoms with Crippen LogP contribution in [0.2, 0.25) is 0 Å². The largest absolute Gasteiger partial charge is 0.341 e. The van der Waals surface area contributed by atoms with Crippen molar-refractivity contribution in [2.75, 3.05) is 23.3 Å². The summed E-state index contributed by atoms with van der Waals surface area (Å²) < 4.78 is 0. The third-order valence-corrected chi connectivity index (χ3v) is 4.33. The summed E-state index contributed by atoms with van der Waals surface area (Å²) in [6.45, 7) is 5.94. The summed E-state index contributed by atoms with van der Waals surface area (Å²) in [5.41, 5.74) is 3.27. The van der Waals surface area contributed by atoms with Gasteiger partial charge in [-0.3, -0.25) is 4.79 Å². The Morgan fingerprint density at radius 1 is 1.12 bits per heavy atom. The molecular weight excluding hydrogens is 300 g/mol. The van der Waals surface area contributed by atoms with Gasteiger partial charge in [-0.05, 0) is 56.4 Å². The minimum absolute atomic E-state index is 0.192. The van der Waals surface area contributed by atoms with Crippen molar-refractivity contribution in [2.45, 2.75) is 39.5 Å². The van der Waals surface area contributed by atoms with Gasteiger partial charge in [0.1, 0.15) is 5.69 Å². The molecule has 1 N–H and O–H groups in total. The zero-order valence-electron chi connectivity index (χ0n) is 14.4. The van der Waals surface area contributed by atoms with Crippen molar-refractivity contribution in [2.24, 2.45) is 0 Å². The maximum absolute atomic E-state index is 12.5. The van der Waals surface area contributed by atoms with E-state index in [1.54, 1.807) is 6.07 Å². The maximum atomic E-state index is 12.5. The summed E-state index contributed by atoms with van der Waals surface area (Å²) in [5, 5.41) is 2.92. The number of carbonyl (C=O) groups excluding carboxylic acids is 1. The van der Waals surface area contributed by atoms with Gasteiger partial charge in [-0.25, -0.2) is 9.97 Å². The van der Waals surface area contributed by atoms with Crippen LogP contribution in [0.4, 0.5) is 11.6 Å². The third kappa shape index (κ3) is 3.91. The fourth-order valence-electron chi connectivity index (χ4n) is 2.92. The van der Waals surface area contributed by atoms with Crippen LogP contribution in [0.25, 0.3) is 0 Å². The van der Waals surface area contributed by atoms with E-state index < -0.39 is 0 Å². The van der Waals surface area contributed by atoms with Crippen LogP contribution in [0.3, 0.4) is 0 Å². The van der Waals surface area contributed by atoms with E-state index in [1.807, 2.05) is 31.2 Å². The zero-order chi connectivity index (χ0) is 16.9. The molecule has 1 aromatic heterocycles. The molecule has 0 unspecified atom stereocenters. The molecule has 126 valence electrons. The first-order chi connectivity index (χ1) is 11.7. The molecule has 1 aromatic carbocycles. The van der Waals surface area contributed by atoms with Crippen molar-refractivity contribution in [1.29, 1.82) is 0 Å². The molecule has 0 radical (unpaired) electrons. The van der Waals surface area contributed by atoms with E-state index in [2.05, 4.69) is 27.1 Å². The lowest BCUT2D eigenvalue weighted by molar-refractivity contribution is 0.102. The van der Waals surface area contributed by atoms with Crippen molar-refractivity contribution in [3.8, 4) is 0 Å². The molecule has 1 aliphatic rings. The molecule has 1 saturated heterocycles. The second-order valence-corrected chi connectivity index (χ2v) is 6.25. The second-order valence-electron chi connectivity index (χ2n) is 6.25. The lowest BCUT2D eigenvalue weighted by Gasteiger charge is -2.27. The van der Waals surface area contributed by atoms with Crippen molar-refractivity contribution >= 4 is 17.5 Å². The van der Waals surface area contributed by atoms with Gasteiger partial charge in [-0.1, -0.05) is 19.1 Å². The topological polar surface area (TPSA) is 58.1 Å². The van der Waals surface area contributed by atoms with Gasteiger partial charge in [0.25, 0.3) is 5.91 Å². The first-order valence-corrected chi connectivity index (χ1v) is 8.66.